The molecule has 0 spiro atoms. The van der Waals surface area contributed by atoms with Gasteiger partial charge in [-0.2, -0.15) is 4.98 Å². The Morgan fingerprint density at radius 1 is 0.917 bits per heavy atom. The number of nitrogens with zero attached hydrogens (tertiary/aromatic N) is 5. The van der Waals surface area contributed by atoms with E-state index in [9.17, 15) is 13.6 Å². The first-order chi connectivity index (χ1) is 23.0. The lowest BCUT2D eigenvalue weighted by molar-refractivity contribution is 0.0965. The van der Waals surface area contributed by atoms with Crippen LogP contribution in [0.4, 0.5) is 35.4 Å². The van der Waals surface area contributed by atoms with E-state index in [1.54, 1.807) is 6.07 Å². The van der Waals surface area contributed by atoms with Crippen LogP contribution in [0.25, 0.3) is 0 Å². The van der Waals surface area contributed by atoms with Gasteiger partial charge in [-0.15, -0.1) is 0 Å². The molecule has 3 aromatic carbocycles. The molecule has 1 aromatic heterocycles. The van der Waals surface area contributed by atoms with Crippen LogP contribution in [-0.2, 0) is 6.54 Å². The van der Waals surface area contributed by atoms with Crippen molar-refractivity contribution < 1.29 is 27.4 Å². The van der Waals surface area contributed by atoms with Gasteiger partial charge in [0.2, 0.25) is 5.95 Å². The molecule has 1 N–H and O–H groups in total. The number of ether oxygens (including phenoxy) is 2. The summed E-state index contributed by atoms with van der Waals surface area (Å²) < 4.78 is 54.3. The first-order valence-corrected chi connectivity index (χ1v) is 16.0. The topological polar surface area (TPSA) is 83.1 Å². The molecule has 1 fully saturated rings. The summed E-state index contributed by atoms with van der Waals surface area (Å²) in [5.74, 6) is -1.87. The van der Waals surface area contributed by atoms with Gasteiger partial charge in [-0.1, -0.05) is 23.8 Å². The van der Waals surface area contributed by atoms with Crippen LogP contribution in [0.5, 0.6) is 11.5 Å². The van der Waals surface area contributed by atoms with E-state index in [0.717, 1.165) is 55.0 Å². The lowest BCUT2D eigenvalue weighted by Gasteiger charge is -2.36. The second kappa shape index (κ2) is 15.5. The second-order valence-electron chi connectivity index (χ2n) is 12.3. The maximum atomic E-state index is 15.0. The minimum absolute atomic E-state index is 0.0758. The van der Waals surface area contributed by atoms with Crippen LogP contribution >= 0.6 is 0 Å². The summed E-state index contributed by atoms with van der Waals surface area (Å²) in [7, 11) is 0. The minimum atomic E-state index is -1.05. The molecule has 0 bridgehead atoms. The van der Waals surface area contributed by atoms with Gasteiger partial charge in [0.25, 0.3) is 0 Å². The van der Waals surface area contributed by atoms with Gasteiger partial charge in [-0.25, -0.2) is 22.9 Å². The fourth-order valence-electron chi connectivity index (χ4n) is 5.70. The van der Waals surface area contributed by atoms with Crippen LogP contribution in [0.1, 0.15) is 36.1 Å². The number of carbonyl (C=O) groups excluding carboxylic acids is 1. The summed E-state index contributed by atoms with van der Waals surface area (Å²) in [6.07, 6.45) is 0.640. The van der Waals surface area contributed by atoms with Crippen molar-refractivity contribution in [3.8, 4) is 11.5 Å². The first-order valence-electron chi connectivity index (χ1n) is 16.0. The standard InChI is InChI=1S/C36H41F3N6O3/c1-23(2)44-14-12-43(13-15-44)16-17-47-32-9-7-28(21-31(32)39)41-35-40-11-10-33(42-35)45(22-27-6-8-29(37)30(38)20-27)36(46)48-34-25(4)18-24(3)19-26(34)5/h6-11,18-21,23H,12-17,22H2,1-5H3,(H,40,41,42). The molecule has 9 nitrogen and oxygen atoms in total. The second-order valence-corrected chi connectivity index (χ2v) is 12.3. The van der Waals surface area contributed by atoms with Crippen LogP contribution in [0.2, 0.25) is 0 Å². The van der Waals surface area contributed by atoms with Gasteiger partial charge in [-0.05, 0) is 81.6 Å². The summed E-state index contributed by atoms with van der Waals surface area (Å²) in [6, 6.07) is 13.6. The maximum Gasteiger partial charge on any atom is 0.421 e. The predicted molar refractivity (Wildman–Crippen MR) is 180 cm³/mol. The van der Waals surface area contributed by atoms with E-state index in [-0.39, 0.29) is 24.1 Å². The van der Waals surface area contributed by atoms with Crippen LogP contribution in [0, 0.1) is 38.2 Å². The van der Waals surface area contributed by atoms with Crippen LogP contribution < -0.4 is 19.7 Å². The van der Waals surface area contributed by atoms with Gasteiger partial charge in [0, 0.05) is 56.7 Å². The van der Waals surface area contributed by atoms with E-state index in [1.807, 2.05) is 32.9 Å². The molecular weight excluding hydrogens is 621 g/mol. The zero-order chi connectivity index (χ0) is 34.4. The molecule has 12 heteroatoms. The third kappa shape index (κ3) is 8.81. The molecule has 0 atom stereocenters. The van der Waals surface area contributed by atoms with Crippen molar-refractivity contribution in [3.05, 3.63) is 100 Å². The van der Waals surface area contributed by atoms with E-state index < -0.39 is 23.5 Å². The van der Waals surface area contributed by atoms with Gasteiger partial charge in [0.15, 0.2) is 23.2 Å². The molecule has 0 aliphatic carbocycles. The lowest BCUT2D eigenvalue weighted by atomic mass is 10.1. The van der Waals surface area contributed by atoms with E-state index >= 15 is 4.39 Å². The smallest absolute Gasteiger partial charge is 0.421 e. The average Bonchev–Trinajstić information content (AvgIpc) is 3.04. The summed E-state index contributed by atoms with van der Waals surface area (Å²) in [5.41, 5.74) is 3.21. The molecule has 1 amide bonds. The van der Waals surface area contributed by atoms with E-state index in [0.29, 0.717) is 36.2 Å². The Morgan fingerprint density at radius 3 is 2.31 bits per heavy atom. The number of amides is 1. The SMILES string of the molecule is Cc1cc(C)c(OC(=O)N(Cc2ccc(F)c(F)c2)c2ccnc(Nc3ccc(OCCN4CCN(C(C)C)CC4)c(F)c3)n2)c(C)c1. The minimum Gasteiger partial charge on any atom is -0.489 e. The Labute approximate surface area is 279 Å². The Balaban J connectivity index is 1.28. The van der Waals surface area contributed by atoms with E-state index in [1.165, 1.54) is 35.4 Å². The number of rotatable bonds is 11. The van der Waals surface area contributed by atoms with Crippen molar-refractivity contribution in [2.45, 2.75) is 47.2 Å². The highest BCUT2D eigenvalue weighted by Gasteiger charge is 2.23. The number of aryl methyl sites for hydroxylation is 3. The largest absolute Gasteiger partial charge is 0.489 e. The molecule has 2 heterocycles. The number of hydrogen-bond donors (Lipinski definition) is 1. The zero-order valence-corrected chi connectivity index (χ0v) is 27.9. The zero-order valence-electron chi connectivity index (χ0n) is 27.9. The van der Waals surface area contributed by atoms with Crippen molar-refractivity contribution in [1.82, 2.24) is 19.8 Å². The van der Waals surface area contributed by atoms with Crippen molar-refractivity contribution >= 4 is 23.5 Å². The van der Waals surface area contributed by atoms with E-state index in [2.05, 4.69) is 38.9 Å². The van der Waals surface area contributed by atoms with Gasteiger partial charge >= 0.3 is 6.09 Å². The number of anilines is 3. The molecule has 0 radical (unpaired) electrons. The normalized spacial score (nSPS) is 13.9. The van der Waals surface area contributed by atoms with Gasteiger partial charge in [0.05, 0.1) is 6.54 Å². The molecule has 0 saturated carbocycles. The third-order valence-electron chi connectivity index (χ3n) is 8.25. The summed E-state index contributed by atoms with van der Waals surface area (Å²) in [6.45, 7) is 14.8. The van der Waals surface area contributed by atoms with Gasteiger partial charge in [-0.3, -0.25) is 14.7 Å². The summed E-state index contributed by atoms with van der Waals surface area (Å²) in [4.78, 5) is 28.3. The Kier molecular flexibility index (Phi) is 11.2. The number of hydrogen-bond acceptors (Lipinski definition) is 8. The number of halogens is 3. The highest BCUT2D eigenvalue weighted by Crippen LogP contribution is 2.28. The molecule has 4 aromatic rings. The monoisotopic (exact) mass is 662 g/mol. The average molecular weight is 663 g/mol. The fraction of sp³-hybridized carbons (Fsp3) is 0.361. The third-order valence-corrected chi connectivity index (χ3v) is 8.25. The molecule has 5 rings (SSSR count). The number of piperazine rings is 1. The number of benzene rings is 3. The molecule has 1 aliphatic rings. The Hall–Kier alpha value is -4.68. The van der Waals surface area contributed by atoms with Crippen molar-refractivity contribution in [2.24, 2.45) is 0 Å². The number of aromatic nitrogens is 2. The highest BCUT2D eigenvalue weighted by molar-refractivity contribution is 5.88. The first kappa shape index (κ1) is 34.6. The number of carbonyl (C=O) groups is 1. The Morgan fingerprint density at radius 2 is 1.65 bits per heavy atom. The molecule has 254 valence electrons. The highest BCUT2D eigenvalue weighted by atomic mass is 19.2. The van der Waals surface area contributed by atoms with E-state index in [4.69, 9.17) is 9.47 Å². The van der Waals surface area contributed by atoms with Gasteiger partial charge < -0.3 is 14.8 Å². The fourth-order valence-corrected chi connectivity index (χ4v) is 5.70. The molecule has 48 heavy (non-hydrogen) atoms. The quantitative estimate of drug-likeness (QED) is 0.181. The van der Waals surface area contributed by atoms with Gasteiger partial charge in [0.1, 0.15) is 18.2 Å². The van der Waals surface area contributed by atoms with Crippen LogP contribution in [-0.4, -0.2) is 71.2 Å². The molecule has 1 saturated heterocycles. The molecular formula is C36H41F3N6O3. The Bertz CT molecular complexity index is 1720. The maximum absolute atomic E-state index is 15.0. The predicted octanol–water partition coefficient (Wildman–Crippen LogP) is 7.17. The lowest BCUT2D eigenvalue weighted by Crippen LogP contribution is -2.49. The number of nitrogens with one attached hydrogen (secondary N) is 1. The van der Waals surface area contributed by atoms with Crippen molar-refractivity contribution in [2.75, 3.05) is 49.5 Å². The summed E-state index contributed by atoms with van der Waals surface area (Å²) in [5, 5.41) is 2.96. The van der Waals surface area contributed by atoms with Crippen molar-refractivity contribution in [3.63, 3.8) is 0 Å². The van der Waals surface area contributed by atoms with Crippen LogP contribution in [0.15, 0.2) is 60.8 Å². The molecule has 0 unspecified atom stereocenters. The van der Waals surface area contributed by atoms with Crippen LogP contribution in [0.3, 0.4) is 0 Å². The summed E-state index contributed by atoms with van der Waals surface area (Å²) >= 11 is 0. The molecule has 1 aliphatic heterocycles. The van der Waals surface area contributed by atoms with Crippen molar-refractivity contribution in [1.29, 1.82) is 0 Å².